The maximum atomic E-state index is 6.15. The highest BCUT2D eigenvalue weighted by molar-refractivity contribution is 9.10. The van der Waals surface area contributed by atoms with E-state index in [0.29, 0.717) is 6.61 Å². The molecule has 3 rings (SSSR count). The third-order valence-corrected chi connectivity index (χ3v) is 4.64. The van der Waals surface area contributed by atoms with Crippen LogP contribution in [-0.2, 0) is 17.8 Å². The van der Waals surface area contributed by atoms with Crippen molar-refractivity contribution in [3.05, 3.63) is 63.6 Å². The van der Waals surface area contributed by atoms with Gasteiger partial charge >= 0.3 is 0 Å². The number of aryl methyl sites for hydroxylation is 1. The molecule has 20 heavy (non-hydrogen) atoms. The lowest BCUT2D eigenvalue weighted by Gasteiger charge is -2.26. The maximum Gasteiger partial charge on any atom is 0.0832 e. The second-order valence-corrected chi connectivity index (χ2v) is 6.05. The van der Waals surface area contributed by atoms with Crippen molar-refractivity contribution in [3.63, 3.8) is 0 Å². The Balaban J connectivity index is 1.77. The third kappa shape index (κ3) is 2.74. The number of benzene rings is 2. The SMILES string of the molecule is Nc1cccc(Br)c1COC1CCCc2ccccc21. The topological polar surface area (TPSA) is 35.2 Å². The molecule has 0 saturated heterocycles. The lowest BCUT2D eigenvalue weighted by Crippen LogP contribution is -2.13. The van der Waals surface area contributed by atoms with Gasteiger partial charge in [0.15, 0.2) is 0 Å². The Hall–Kier alpha value is -1.32. The number of ether oxygens (including phenoxy) is 1. The van der Waals surface area contributed by atoms with Gasteiger partial charge in [-0.1, -0.05) is 46.3 Å². The molecule has 0 spiro atoms. The zero-order chi connectivity index (χ0) is 13.9. The molecule has 0 radical (unpaired) electrons. The Labute approximate surface area is 128 Å². The van der Waals surface area contributed by atoms with Crippen molar-refractivity contribution >= 4 is 21.6 Å². The second kappa shape index (κ2) is 5.98. The van der Waals surface area contributed by atoms with Gasteiger partial charge in [0.25, 0.3) is 0 Å². The minimum absolute atomic E-state index is 0.187. The van der Waals surface area contributed by atoms with E-state index in [1.807, 2.05) is 18.2 Å². The van der Waals surface area contributed by atoms with Crippen LogP contribution in [0.2, 0.25) is 0 Å². The largest absolute Gasteiger partial charge is 0.398 e. The number of nitrogen functional groups attached to an aromatic ring is 1. The van der Waals surface area contributed by atoms with Crippen molar-refractivity contribution in [2.75, 3.05) is 5.73 Å². The Morgan fingerprint density at radius 2 is 2.00 bits per heavy atom. The van der Waals surface area contributed by atoms with Gasteiger partial charge in [-0.2, -0.15) is 0 Å². The summed E-state index contributed by atoms with van der Waals surface area (Å²) in [4.78, 5) is 0. The Morgan fingerprint density at radius 1 is 1.15 bits per heavy atom. The van der Waals surface area contributed by atoms with Gasteiger partial charge in [0, 0.05) is 15.7 Å². The van der Waals surface area contributed by atoms with Crippen molar-refractivity contribution in [3.8, 4) is 0 Å². The summed E-state index contributed by atoms with van der Waals surface area (Å²) in [5.74, 6) is 0. The predicted octanol–water partition coefficient (Wildman–Crippen LogP) is 4.63. The Bertz CT molecular complexity index is 591. The van der Waals surface area contributed by atoms with Crippen molar-refractivity contribution in [1.82, 2.24) is 0 Å². The molecule has 3 heteroatoms. The fraction of sp³-hybridized carbons (Fsp3) is 0.294. The van der Waals surface area contributed by atoms with Gasteiger partial charge in [-0.3, -0.25) is 0 Å². The van der Waals surface area contributed by atoms with Crippen molar-refractivity contribution in [2.45, 2.75) is 32.0 Å². The number of hydrogen-bond acceptors (Lipinski definition) is 2. The average Bonchev–Trinajstić information content (AvgIpc) is 2.47. The monoisotopic (exact) mass is 331 g/mol. The van der Waals surface area contributed by atoms with Gasteiger partial charge in [-0.25, -0.2) is 0 Å². The molecule has 1 aliphatic rings. The highest BCUT2D eigenvalue weighted by atomic mass is 79.9. The molecule has 0 bridgehead atoms. The Kier molecular flexibility index (Phi) is 4.08. The fourth-order valence-electron chi connectivity index (χ4n) is 2.79. The molecule has 0 aliphatic heterocycles. The van der Waals surface area contributed by atoms with E-state index in [9.17, 15) is 0 Å². The quantitative estimate of drug-likeness (QED) is 0.832. The van der Waals surface area contributed by atoms with Crippen LogP contribution in [-0.4, -0.2) is 0 Å². The van der Waals surface area contributed by atoms with E-state index in [2.05, 4.69) is 40.2 Å². The van der Waals surface area contributed by atoms with Gasteiger partial charge < -0.3 is 10.5 Å². The van der Waals surface area contributed by atoms with Gasteiger partial charge in [0.05, 0.1) is 12.7 Å². The molecule has 1 unspecified atom stereocenters. The van der Waals surface area contributed by atoms with Crippen LogP contribution in [0.5, 0.6) is 0 Å². The van der Waals surface area contributed by atoms with E-state index < -0.39 is 0 Å². The van der Waals surface area contributed by atoms with E-state index in [1.165, 1.54) is 17.5 Å². The third-order valence-electron chi connectivity index (χ3n) is 3.90. The molecule has 2 N–H and O–H groups in total. The summed E-state index contributed by atoms with van der Waals surface area (Å²) in [5, 5.41) is 0. The highest BCUT2D eigenvalue weighted by Gasteiger charge is 2.20. The van der Waals surface area contributed by atoms with Crippen LogP contribution < -0.4 is 5.73 Å². The van der Waals surface area contributed by atoms with Crippen molar-refractivity contribution in [2.24, 2.45) is 0 Å². The van der Waals surface area contributed by atoms with E-state index in [0.717, 1.165) is 28.6 Å². The molecule has 1 aliphatic carbocycles. The van der Waals surface area contributed by atoms with Crippen LogP contribution in [0.1, 0.15) is 35.6 Å². The van der Waals surface area contributed by atoms with Crippen LogP contribution in [0.4, 0.5) is 5.69 Å². The minimum atomic E-state index is 0.187. The molecule has 2 nitrogen and oxygen atoms in total. The maximum absolute atomic E-state index is 6.15. The summed E-state index contributed by atoms with van der Waals surface area (Å²) in [6.07, 6.45) is 3.62. The summed E-state index contributed by atoms with van der Waals surface area (Å²) >= 11 is 3.54. The zero-order valence-corrected chi connectivity index (χ0v) is 12.9. The van der Waals surface area contributed by atoms with E-state index >= 15 is 0 Å². The van der Waals surface area contributed by atoms with Crippen LogP contribution in [0.15, 0.2) is 46.9 Å². The molecule has 0 saturated carbocycles. The average molecular weight is 332 g/mol. The van der Waals surface area contributed by atoms with E-state index in [1.54, 1.807) is 0 Å². The van der Waals surface area contributed by atoms with Crippen LogP contribution in [0.25, 0.3) is 0 Å². The smallest absolute Gasteiger partial charge is 0.0832 e. The second-order valence-electron chi connectivity index (χ2n) is 5.20. The minimum Gasteiger partial charge on any atom is -0.398 e. The molecule has 2 aromatic rings. The van der Waals surface area contributed by atoms with Gasteiger partial charge in [0.1, 0.15) is 0 Å². The fourth-order valence-corrected chi connectivity index (χ4v) is 3.29. The van der Waals surface area contributed by atoms with Gasteiger partial charge in [-0.15, -0.1) is 0 Å². The first-order valence-corrected chi connectivity index (χ1v) is 7.77. The number of nitrogens with two attached hydrogens (primary N) is 1. The lowest BCUT2D eigenvalue weighted by molar-refractivity contribution is 0.0283. The predicted molar refractivity (Wildman–Crippen MR) is 85.5 cm³/mol. The first-order chi connectivity index (χ1) is 9.75. The molecule has 0 aromatic heterocycles. The number of fused-ring (bicyclic) bond motifs is 1. The summed E-state index contributed by atoms with van der Waals surface area (Å²) < 4.78 is 7.16. The molecule has 0 heterocycles. The van der Waals surface area contributed by atoms with Crippen LogP contribution in [0.3, 0.4) is 0 Å². The molecule has 104 valence electrons. The number of halogens is 1. The van der Waals surface area contributed by atoms with Crippen LogP contribution in [0, 0.1) is 0 Å². The lowest BCUT2D eigenvalue weighted by atomic mass is 9.89. The van der Waals surface area contributed by atoms with E-state index in [-0.39, 0.29) is 6.10 Å². The van der Waals surface area contributed by atoms with Crippen molar-refractivity contribution < 1.29 is 4.74 Å². The Morgan fingerprint density at radius 3 is 2.85 bits per heavy atom. The standard InChI is InChI=1S/C17H18BrNO/c18-15-8-4-9-16(19)14(15)11-20-17-10-3-6-12-5-1-2-7-13(12)17/h1-2,4-5,7-9,17H,3,6,10-11,19H2. The molecule has 0 amide bonds. The molecular formula is C17H18BrNO. The molecule has 0 fully saturated rings. The molecular weight excluding hydrogens is 314 g/mol. The summed E-state index contributed by atoms with van der Waals surface area (Å²) in [7, 11) is 0. The summed E-state index contributed by atoms with van der Waals surface area (Å²) in [5.41, 5.74) is 10.6. The van der Waals surface area contributed by atoms with Crippen molar-refractivity contribution in [1.29, 1.82) is 0 Å². The van der Waals surface area contributed by atoms with E-state index in [4.69, 9.17) is 10.5 Å². The number of hydrogen-bond donors (Lipinski definition) is 1. The highest BCUT2D eigenvalue weighted by Crippen LogP contribution is 2.34. The molecule has 2 aromatic carbocycles. The number of anilines is 1. The van der Waals surface area contributed by atoms with Gasteiger partial charge in [-0.05, 0) is 42.5 Å². The first-order valence-electron chi connectivity index (χ1n) is 6.98. The summed E-state index contributed by atoms with van der Waals surface area (Å²) in [6, 6.07) is 14.4. The first kappa shape index (κ1) is 13.7. The normalized spacial score (nSPS) is 17.8. The number of rotatable bonds is 3. The van der Waals surface area contributed by atoms with Crippen LogP contribution >= 0.6 is 15.9 Å². The molecule has 1 atom stereocenters. The zero-order valence-electron chi connectivity index (χ0n) is 11.3. The summed E-state index contributed by atoms with van der Waals surface area (Å²) in [6.45, 7) is 0.548. The van der Waals surface area contributed by atoms with Gasteiger partial charge in [0.2, 0.25) is 0 Å².